The van der Waals surface area contributed by atoms with Crippen molar-refractivity contribution < 1.29 is 114 Å². The third-order valence-corrected chi connectivity index (χ3v) is 15.2. The number of esters is 12. The Morgan fingerprint density at radius 2 is 0.440 bits per heavy atom. The second-order valence-electron chi connectivity index (χ2n) is 25.5. The number of carbonyl (C=O) groups excluding carboxylic acids is 12. The van der Waals surface area contributed by atoms with Crippen LogP contribution >= 0.6 is 0 Å². The monoisotopic (exact) mass is 1440 g/mol. The number of unbranched alkanes of at least 4 members (excludes halogenated alkanes) is 8. The summed E-state index contributed by atoms with van der Waals surface area (Å²) >= 11 is 0. The lowest BCUT2D eigenvalue weighted by molar-refractivity contribution is -0.149. The summed E-state index contributed by atoms with van der Waals surface area (Å²) in [5.74, 6) is 2.92. The van der Waals surface area contributed by atoms with E-state index in [0.717, 1.165) is 113 Å². The highest BCUT2D eigenvalue weighted by atomic mass is 16.6. The van der Waals surface area contributed by atoms with Crippen LogP contribution in [0.15, 0.2) is 0 Å². The lowest BCUT2D eigenvalue weighted by Gasteiger charge is -2.25. The Bertz CT molecular complexity index is 1940. The van der Waals surface area contributed by atoms with Gasteiger partial charge in [-0.05, 0) is 113 Å². The van der Waals surface area contributed by atoms with Gasteiger partial charge in [0.15, 0.2) is 0 Å². The van der Waals surface area contributed by atoms with E-state index in [2.05, 4.69) is 74.7 Å². The van der Waals surface area contributed by atoms with E-state index in [-0.39, 0.29) is 84.8 Å². The molecule has 24 heteroatoms. The predicted octanol–water partition coefficient (Wildman–Crippen LogP) is 15.4. The van der Waals surface area contributed by atoms with Crippen molar-refractivity contribution in [1.29, 1.82) is 0 Å². The maximum absolute atomic E-state index is 10.6. The first kappa shape index (κ1) is 105. The van der Waals surface area contributed by atoms with Gasteiger partial charge in [0.25, 0.3) is 0 Å². The van der Waals surface area contributed by atoms with Crippen molar-refractivity contribution in [3.05, 3.63) is 0 Å². The molecule has 0 bridgehead atoms. The molecule has 0 aromatic heterocycles. The van der Waals surface area contributed by atoms with Crippen LogP contribution in [0.2, 0.25) is 0 Å². The fraction of sp³-hybridized carbons (Fsp3) is 0.842. The lowest BCUT2D eigenvalue weighted by atomic mass is 9.81. The van der Waals surface area contributed by atoms with E-state index >= 15 is 0 Å². The summed E-state index contributed by atoms with van der Waals surface area (Å²) in [4.78, 5) is 124. The SMILES string of the molecule is CC(=O)OCCCCCCOC(C)=O.CC(=O)OCCCCCOC(C)=O.CC(=O)OCCCCOC(C)=O.CC(=O)OCCCOC(C)=O.CC(=O)OCCOC(C)=O.CC1CCC(C)CC1.CCC1CCC(C)CC1.CCCC1CCC(C)CC1.COC(=O)CCCCCOC(C)=O. The van der Waals surface area contributed by atoms with Gasteiger partial charge in [0.1, 0.15) is 13.2 Å². The highest BCUT2D eigenvalue weighted by Crippen LogP contribution is 2.31. The smallest absolute Gasteiger partial charge is 0.305 e. The maximum Gasteiger partial charge on any atom is 0.305 e. The first-order valence-electron chi connectivity index (χ1n) is 36.8. The molecular formula is C76H140O24. The van der Waals surface area contributed by atoms with Crippen molar-refractivity contribution in [2.24, 2.45) is 35.5 Å². The van der Waals surface area contributed by atoms with Crippen molar-refractivity contribution in [1.82, 2.24) is 0 Å². The van der Waals surface area contributed by atoms with Crippen molar-refractivity contribution in [3.8, 4) is 0 Å². The van der Waals surface area contributed by atoms with Crippen LogP contribution in [-0.2, 0) is 114 Å². The lowest BCUT2D eigenvalue weighted by Crippen LogP contribution is -2.11. The van der Waals surface area contributed by atoms with Crippen molar-refractivity contribution in [2.75, 3.05) is 79.8 Å². The zero-order valence-electron chi connectivity index (χ0n) is 65.5. The van der Waals surface area contributed by atoms with Gasteiger partial charge < -0.3 is 56.8 Å². The van der Waals surface area contributed by atoms with E-state index in [0.29, 0.717) is 72.3 Å². The zero-order valence-corrected chi connectivity index (χ0v) is 65.5. The van der Waals surface area contributed by atoms with Gasteiger partial charge in [-0.3, -0.25) is 57.5 Å². The minimum Gasteiger partial charge on any atom is -0.469 e. The molecule has 0 heterocycles. The summed E-state index contributed by atoms with van der Waals surface area (Å²) in [7, 11) is 1.38. The second kappa shape index (κ2) is 78.4. The van der Waals surface area contributed by atoms with Crippen LogP contribution in [0.4, 0.5) is 0 Å². The fourth-order valence-electron chi connectivity index (χ4n) is 9.36. The Balaban J connectivity index is -0.000000249. The number of carbonyl (C=O) groups is 12. The average Bonchev–Trinajstić information content (AvgIpc) is 0.998. The summed E-state index contributed by atoms with van der Waals surface area (Å²) in [6.45, 7) is 33.1. The van der Waals surface area contributed by atoms with Crippen LogP contribution in [0.3, 0.4) is 0 Å². The first-order valence-corrected chi connectivity index (χ1v) is 36.8. The van der Waals surface area contributed by atoms with Gasteiger partial charge in [0.05, 0.1) is 66.6 Å². The summed E-state index contributed by atoms with van der Waals surface area (Å²) in [5.41, 5.74) is 0. The zero-order chi connectivity index (χ0) is 77.2. The minimum atomic E-state index is -0.368. The van der Waals surface area contributed by atoms with Gasteiger partial charge in [-0.2, -0.15) is 0 Å². The molecule has 0 aliphatic heterocycles. The quantitative estimate of drug-likeness (QED) is 0.0328. The van der Waals surface area contributed by atoms with E-state index < -0.39 is 0 Å². The molecule has 0 aromatic rings. The summed E-state index contributed by atoms with van der Waals surface area (Å²) in [6, 6.07) is 0. The third kappa shape index (κ3) is 105. The molecule has 588 valence electrons. The highest BCUT2D eigenvalue weighted by molar-refractivity contribution is 5.70. The predicted molar refractivity (Wildman–Crippen MR) is 384 cm³/mol. The van der Waals surface area contributed by atoms with Gasteiger partial charge in [-0.1, -0.05) is 138 Å². The van der Waals surface area contributed by atoms with Gasteiger partial charge in [0, 0.05) is 89.0 Å². The average molecular weight is 1440 g/mol. The van der Waals surface area contributed by atoms with E-state index in [4.69, 9.17) is 23.7 Å². The molecule has 100 heavy (non-hydrogen) atoms. The molecule has 24 nitrogen and oxygen atoms in total. The van der Waals surface area contributed by atoms with Crippen LogP contribution < -0.4 is 0 Å². The maximum atomic E-state index is 10.6. The molecular weight excluding hydrogens is 1300 g/mol. The van der Waals surface area contributed by atoms with Gasteiger partial charge >= 0.3 is 71.6 Å². The first-order chi connectivity index (χ1) is 47.2. The van der Waals surface area contributed by atoms with E-state index in [1.807, 2.05) is 0 Å². The summed E-state index contributed by atoms with van der Waals surface area (Å²) in [6.07, 6.45) is 33.3. The number of hydrogen-bond donors (Lipinski definition) is 0. The molecule has 0 spiro atoms. The largest absolute Gasteiger partial charge is 0.469 e. The standard InChI is InChI=1S/C10H18O4.C10H20.2C9H16O4.C9H18.C8H14O4.C8H16.C7H12O4.C6H10O4/c1-9(11)13-7-5-3-4-6-8-14-10(2)12;1-3-4-10-7-5-9(2)6-8-10;1-8(10)13-7-5-3-4-6-9(11)12-2;1-8(10)12-6-4-3-5-7-13-9(2)11;1-3-9-6-4-8(2)5-7-9;1-7(9)11-5-3-4-6-12-8(2)10;1-7-3-5-8(2)6-4-7;1-6(8)10-4-3-5-11-7(2)9;1-5(7)9-3-4-10-6(2)8/h3-8H2,1-2H3;9-10H,3-8H2,1-2H3;2*3-7H2,1-2H3;8-9H,3-7H2,1-2H3;3-6H2,1-2H3;7-8H,3-6H2,1-2H3;3-5H2,1-2H3;3-4H2,1-2H3. The minimum absolute atomic E-state index is 0.134. The molecule has 0 amide bonds. The summed E-state index contributed by atoms with van der Waals surface area (Å²) in [5, 5.41) is 0. The Morgan fingerprint density at radius 1 is 0.250 bits per heavy atom. The van der Waals surface area contributed by atoms with Gasteiger partial charge in [0.2, 0.25) is 0 Å². The fourth-order valence-corrected chi connectivity index (χ4v) is 9.36. The molecule has 3 aliphatic carbocycles. The van der Waals surface area contributed by atoms with Crippen molar-refractivity contribution in [2.45, 2.75) is 304 Å². The molecule has 0 radical (unpaired) electrons. The van der Waals surface area contributed by atoms with Crippen LogP contribution in [0.25, 0.3) is 0 Å². The van der Waals surface area contributed by atoms with E-state index in [1.54, 1.807) is 0 Å². The molecule has 0 saturated heterocycles. The molecule has 3 rings (SSSR count). The number of methoxy groups -OCH3 is 1. The van der Waals surface area contributed by atoms with E-state index in [9.17, 15) is 57.5 Å². The molecule has 0 aromatic carbocycles. The van der Waals surface area contributed by atoms with Crippen molar-refractivity contribution >= 4 is 71.6 Å². The molecule has 3 aliphatic rings. The Labute approximate surface area is 602 Å². The molecule has 0 unspecified atom stereocenters. The Kier molecular flexibility index (Phi) is 82.0. The van der Waals surface area contributed by atoms with Crippen LogP contribution in [0.1, 0.15) is 304 Å². The number of rotatable bonds is 34. The molecule has 0 atom stereocenters. The van der Waals surface area contributed by atoms with Gasteiger partial charge in [-0.15, -0.1) is 0 Å². The third-order valence-electron chi connectivity index (χ3n) is 15.2. The van der Waals surface area contributed by atoms with Crippen LogP contribution in [0.5, 0.6) is 0 Å². The molecule has 3 fully saturated rings. The van der Waals surface area contributed by atoms with Crippen LogP contribution in [-0.4, -0.2) is 151 Å². The Morgan fingerprint density at radius 3 is 0.660 bits per heavy atom. The van der Waals surface area contributed by atoms with E-state index in [1.165, 1.54) is 180 Å². The van der Waals surface area contributed by atoms with Gasteiger partial charge in [-0.25, -0.2) is 0 Å². The Hall–Kier alpha value is -6.36. The molecule has 3 saturated carbocycles. The van der Waals surface area contributed by atoms with Crippen LogP contribution in [0, 0.1) is 35.5 Å². The topological polar surface area (TPSA) is 316 Å². The normalized spacial score (nSPS) is 16.6. The second-order valence-corrected chi connectivity index (χ2v) is 25.5. The number of ether oxygens (including phenoxy) is 12. The highest BCUT2D eigenvalue weighted by Gasteiger charge is 2.18. The number of hydrogen-bond acceptors (Lipinski definition) is 24. The summed E-state index contributed by atoms with van der Waals surface area (Å²) < 4.78 is 55.6. The molecule has 0 N–H and O–H groups in total. The van der Waals surface area contributed by atoms with Crippen molar-refractivity contribution in [3.63, 3.8) is 0 Å².